The summed E-state index contributed by atoms with van der Waals surface area (Å²) in [7, 11) is 0. The van der Waals surface area contributed by atoms with Gasteiger partial charge in [-0.25, -0.2) is 0 Å². The number of thioether (sulfide) groups is 1. The van der Waals surface area contributed by atoms with Crippen molar-refractivity contribution in [2.75, 3.05) is 12.4 Å². The zero-order chi connectivity index (χ0) is 10.6. The molecule has 0 aromatic heterocycles. The number of rotatable bonds is 4. The van der Waals surface area contributed by atoms with Crippen LogP contribution in [-0.2, 0) is 0 Å². The van der Waals surface area contributed by atoms with Gasteiger partial charge >= 0.3 is 0 Å². The van der Waals surface area contributed by atoms with Crippen molar-refractivity contribution < 1.29 is 10.2 Å². The summed E-state index contributed by atoms with van der Waals surface area (Å²) in [6.07, 6.45) is 0.809. The van der Waals surface area contributed by atoms with Crippen LogP contribution in [0.4, 0.5) is 0 Å². The van der Waals surface area contributed by atoms with Crippen LogP contribution in [0, 0.1) is 13.8 Å². The van der Waals surface area contributed by atoms with Gasteiger partial charge in [0.05, 0.1) is 0 Å². The Hall–Kier alpha value is -0.670. The summed E-state index contributed by atoms with van der Waals surface area (Å²) < 4.78 is 0. The lowest BCUT2D eigenvalue weighted by molar-refractivity contribution is 0.296. The monoisotopic (exact) mass is 212 g/mol. The topological polar surface area (TPSA) is 40.5 Å². The predicted octanol–water partition coefficient (Wildman–Crippen LogP) is 2.48. The lowest BCUT2D eigenvalue weighted by Gasteiger charge is -2.07. The van der Waals surface area contributed by atoms with Crippen molar-refractivity contribution in [1.29, 1.82) is 0 Å². The van der Waals surface area contributed by atoms with Gasteiger partial charge in [0.2, 0.25) is 0 Å². The quantitative estimate of drug-likeness (QED) is 0.595. The molecule has 0 aliphatic heterocycles. The molecule has 0 fully saturated rings. The Labute approximate surface area is 89.0 Å². The van der Waals surface area contributed by atoms with Gasteiger partial charge in [0.1, 0.15) is 5.75 Å². The number of hydrogen-bond acceptors (Lipinski definition) is 3. The molecule has 0 unspecified atom stereocenters. The first-order chi connectivity index (χ1) is 6.65. The Kier molecular flexibility index (Phi) is 4.29. The third-order valence-electron chi connectivity index (χ3n) is 2.04. The molecule has 2 N–H and O–H groups in total. The Morgan fingerprint density at radius 3 is 2.29 bits per heavy atom. The summed E-state index contributed by atoms with van der Waals surface area (Å²) in [6.45, 7) is 4.04. The number of aromatic hydroxyl groups is 1. The average Bonchev–Trinajstić information content (AvgIpc) is 2.14. The third-order valence-corrected chi connectivity index (χ3v) is 3.10. The van der Waals surface area contributed by atoms with Crippen LogP contribution in [0.25, 0.3) is 0 Å². The molecule has 0 spiro atoms. The number of aliphatic hydroxyl groups excluding tert-OH is 1. The van der Waals surface area contributed by atoms with E-state index < -0.39 is 0 Å². The lowest BCUT2D eigenvalue weighted by Crippen LogP contribution is -1.87. The molecule has 0 saturated heterocycles. The predicted molar refractivity (Wildman–Crippen MR) is 60.0 cm³/mol. The molecule has 0 atom stereocenters. The van der Waals surface area contributed by atoms with E-state index in [1.807, 2.05) is 26.0 Å². The van der Waals surface area contributed by atoms with Gasteiger partial charge in [-0.1, -0.05) is 0 Å². The maximum Gasteiger partial charge on any atom is 0.121 e. The Balaban J connectivity index is 2.69. The van der Waals surface area contributed by atoms with Crippen LogP contribution >= 0.6 is 11.8 Å². The summed E-state index contributed by atoms with van der Waals surface area (Å²) >= 11 is 1.71. The molecule has 0 saturated carbocycles. The summed E-state index contributed by atoms with van der Waals surface area (Å²) in [6, 6.07) is 3.95. The van der Waals surface area contributed by atoms with Crippen molar-refractivity contribution in [2.24, 2.45) is 0 Å². The molecule has 0 bridgehead atoms. The molecule has 78 valence electrons. The molecule has 3 heteroatoms. The first kappa shape index (κ1) is 11.4. The van der Waals surface area contributed by atoms with Crippen molar-refractivity contribution in [3.8, 4) is 5.75 Å². The molecule has 1 aromatic rings. The third kappa shape index (κ3) is 2.93. The summed E-state index contributed by atoms with van der Waals surface area (Å²) in [4.78, 5) is 1.16. The minimum absolute atomic E-state index is 0.239. The van der Waals surface area contributed by atoms with Crippen molar-refractivity contribution in [2.45, 2.75) is 25.2 Å². The van der Waals surface area contributed by atoms with Gasteiger partial charge in [0, 0.05) is 17.3 Å². The number of benzene rings is 1. The first-order valence-electron chi connectivity index (χ1n) is 4.69. The van der Waals surface area contributed by atoms with E-state index in [1.165, 1.54) is 0 Å². The first-order valence-corrected chi connectivity index (χ1v) is 5.67. The minimum Gasteiger partial charge on any atom is -0.507 e. The smallest absolute Gasteiger partial charge is 0.121 e. The maximum absolute atomic E-state index is 9.55. The molecular formula is C11H16O2S. The van der Waals surface area contributed by atoms with Crippen LogP contribution in [-0.4, -0.2) is 22.6 Å². The van der Waals surface area contributed by atoms with Gasteiger partial charge < -0.3 is 10.2 Å². The van der Waals surface area contributed by atoms with Crippen molar-refractivity contribution in [3.05, 3.63) is 23.3 Å². The van der Waals surface area contributed by atoms with Crippen LogP contribution < -0.4 is 0 Å². The summed E-state index contributed by atoms with van der Waals surface area (Å²) in [5.41, 5.74) is 1.83. The fourth-order valence-electron chi connectivity index (χ4n) is 1.25. The number of phenols is 1. The van der Waals surface area contributed by atoms with Crippen molar-refractivity contribution >= 4 is 11.8 Å². The van der Waals surface area contributed by atoms with Crippen molar-refractivity contribution in [1.82, 2.24) is 0 Å². The van der Waals surface area contributed by atoms with Crippen LogP contribution in [0.5, 0.6) is 5.75 Å². The average molecular weight is 212 g/mol. The van der Waals surface area contributed by atoms with E-state index >= 15 is 0 Å². The summed E-state index contributed by atoms with van der Waals surface area (Å²) in [5.74, 6) is 1.30. The van der Waals surface area contributed by atoms with E-state index in [2.05, 4.69) is 0 Å². The van der Waals surface area contributed by atoms with E-state index in [1.54, 1.807) is 11.8 Å². The minimum atomic E-state index is 0.239. The normalized spacial score (nSPS) is 10.5. The highest BCUT2D eigenvalue weighted by Crippen LogP contribution is 2.28. The van der Waals surface area contributed by atoms with E-state index in [-0.39, 0.29) is 6.61 Å². The molecule has 14 heavy (non-hydrogen) atoms. The number of phenolic OH excluding ortho intramolecular Hbond substituents is 1. The van der Waals surface area contributed by atoms with Gasteiger partial charge in [0.25, 0.3) is 0 Å². The van der Waals surface area contributed by atoms with Gasteiger partial charge in [-0.15, -0.1) is 11.8 Å². The van der Waals surface area contributed by atoms with E-state index in [9.17, 15) is 5.11 Å². The molecule has 0 radical (unpaired) electrons. The standard InChI is InChI=1S/C11H16O2S/c1-8-6-10(14-5-3-4-12)7-9(2)11(8)13/h6-7,12-13H,3-5H2,1-2H3. The lowest BCUT2D eigenvalue weighted by atomic mass is 10.1. The fraction of sp³-hybridized carbons (Fsp3) is 0.455. The van der Waals surface area contributed by atoms with Crippen molar-refractivity contribution in [3.63, 3.8) is 0 Å². The highest BCUT2D eigenvalue weighted by Gasteiger charge is 2.03. The highest BCUT2D eigenvalue weighted by atomic mass is 32.2. The van der Waals surface area contributed by atoms with Gasteiger partial charge in [-0.2, -0.15) is 0 Å². The zero-order valence-corrected chi connectivity index (χ0v) is 9.40. The Morgan fingerprint density at radius 2 is 1.79 bits per heavy atom. The van der Waals surface area contributed by atoms with Crippen LogP contribution in [0.3, 0.4) is 0 Å². The molecule has 2 nitrogen and oxygen atoms in total. The second kappa shape index (κ2) is 5.27. The van der Waals surface area contributed by atoms with E-state index in [0.717, 1.165) is 28.2 Å². The van der Waals surface area contributed by atoms with Gasteiger partial charge in [-0.05, 0) is 43.5 Å². The van der Waals surface area contributed by atoms with Crippen LogP contribution in [0.1, 0.15) is 17.5 Å². The second-order valence-corrected chi connectivity index (χ2v) is 4.50. The molecule has 1 aromatic carbocycles. The largest absolute Gasteiger partial charge is 0.507 e. The highest BCUT2D eigenvalue weighted by molar-refractivity contribution is 7.99. The van der Waals surface area contributed by atoms with Crippen LogP contribution in [0.2, 0.25) is 0 Å². The Morgan fingerprint density at radius 1 is 1.21 bits per heavy atom. The zero-order valence-electron chi connectivity index (χ0n) is 8.58. The van der Waals surface area contributed by atoms with Crippen LogP contribution in [0.15, 0.2) is 17.0 Å². The van der Waals surface area contributed by atoms with Gasteiger partial charge in [0.15, 0.2) is 0 Å². The van der Waals surface area contributed by atoms with E-state index in [0.29, 0.717) is 5.75 Å². The Bertz CT molecular complexity index is 287. The van der Waals surface area contributed by atoms with E-state index in [4.69, 9.17) is 5.11 Å². The molecule has 0 heterocycles. The number of aryl methyl sites for hydroxylation is 2. The van der Waals surface area contributed by atoms with Gasteiger partial charge in [-0.3, -0.25) is 0 Å². The maximum atomic E-state index is 9.55. The molecule has 0 amide bonds. The summed E-state index contributed by atoms with van der Waals surface area (Å²) in [5, 5.41) is 18.2. The fourth-order valence-corrected chi connectivity index (χ4v) is 2.28. The molecular weight excluding hydrogens is 196 g/mol. The molecule has 1 rings (SSSR count). The second-order valence-electron chi connectivity index (χ2n) is 3.33. The number of aliphatic hydroxyl groups is 1. The molecule has 0 aliphatic carbocycles. The SMILES string of the molecule is Cc1cc(SCCCO)cc(C)c1O. The molecule has 0 aliphatic rings. The number of hydrogen-bond donors (Lipinski definition) is 2.